The summed E-state index contributed by atoms with van der Waals surface area (Å²) >= 11 is 0. The zero-order valence-corrected chi connectivity index (χ0v) is 17.1. The second-order valence-electron chi connectivity index (χ2n) is 9.31. The third-order valence-electron chi connectivity index (χ3n) is 7.38. The average molecular weight is 411 g/mol. The van der Waals surface area contributed by atoms with E-state index in [0.717, 1.165) is 42.9 Å². The Hall–Kier alpha value is -2.27. The molecule has 2 aromatic carbocycles. The standard InChI is InChI=1S/C25H28F2N2O/c26-20-6-1-17(2-7-20)13-23(29-16-18-3-10-22(29)14-18)15-28-24(30)25(11-12-25)19-4-8-21(27)9-5-19/h1-2,4-9,18,22-23H,3,10-16H2,(H,28,30). The van der Waals surface area contributed by atoms with E-state index in [1.54, 1.807) is 12.1 Å². The van der Waals surface area contributed by atoms with Crippen LogP contribution in [0.2, 0.25) is 0 Å². The lowest BCUT2D eigenvalue weighted by Crippen LogP contribution is -2.50. The van der Waals surface area contributed by atoms with E-state index in [1.165, 1.54) is 43.5 Å². The van der Waals surface area contributed by atoms with Crippen molar-refractivity contribution in [3.05, 3.63) is 71.3 Å². The van der Waals surface area contributed by atoms with Crippen molar-refractivity contribution in [1.29, 1.82) is 0 Å². The summed E-state index contributed by atoms with van der Waals surface area (Å²) in [5.41, 5.74) is 1.49. The van der Waals surface area contributed by atoms with Crippen molar-refractivity contribution in [2.24, 2.45) is 5.92 Å². The molecule has 0 aromatic heterocycles. The quantitative estimate of drug-likeness (QED) is 0.742. The van der Waals surface area contributed by atoms with Crippen molar-refractivity contribution in [2.45, 2.75) is 56.0 Å². The van der Waals surface area contributed by atoms with Crippen LogP contribution >= 0.6 is 0 Å². The van der Waals surface area contributed by atoms with E-state index in [4.69, 9.17) is 0 Å². The van der Waals surface area contributed by atoms with Gasteiger partial charge in [-0.05, 0) is 79.8 Å². The summed E-state index contributed by atoms with van der Waals surface area (Å²) in [5, 5.41) is 3.22. The largest absolute Gasteiger partial charge is 0.354 e. The van der Waals surface area contributed by atoms with Gasteiger partial charge in [0.1, 0.15) is 11.6 Å². The molecule has 0 spiro atoms. The van der Waals surface area contributed by atoms with Gasteiger partial charge in [-0.3, -0.25) is 9.69 Å². The number of halogens is 2. The summed E-state index contributed by atoms with van der Waals surface area (Å²) in [5.74, 6) is 0.315. The molecule has 2 aliphatic carbocycles. The molecule has 3 fully saturated rings. The Morgan fingerprint density at radius 2 is 1.70 bits per heavy atom. The highest BCUT2D eigenvalue weighted by Gasteiger charge is 2.51. The monoisotopic (exact) mass is 410 g/mol. The van der Waals surface area contributed by atoms with Crippen LogP contribution in [-0.4, -0.2) is 36.0 Å². The molecular formula is C25H28F2N2O. The van der Waals surface area contributed by atoms with Gasteiger partial charge < -0.3 is 5.32 Å². The second-order valence-corrected chi connectivity index (χ2v) is 9.31. The van der Waals surface area contributed by atoms with Crippen LogP contribution in [0.4, 0.5) is 8.78 Å². The fourth-order valence-corrected chi connectivity index (χ4v) is 5.53. The molecule has 2 bridgehead atoms. The Balaban J connectivity index is 1.29. The number of hydrogen-bond acceptors (Lipinski definition) is 2. The molecule has 5 heteroatoms. The number of benzene rings is 2. The fourth-order valence-electron chi connectivity index (χ4n) is 5.53. The highest BCUT2D eigenvalue weighted by atomic mass is 19.1. The Morgan fingerprint density at radius 3 is 2.27 bits per heavy atom. The summed E-state index contributed by atoms with van der Waals surface area (Å²) < 4.78 is 26.6. The minimum absolute atomic E-state index is 0.0440. The first-order valence-electron chi connectivity index (χ1n) is 11.1. The number of likely N-dealkylation sites (tertiary alicyclic amines) is 1. The van der Waals surface area contributed by atoms with E-state index in [9.17, 15) is 13.6 Å². The maximum atomic E-state index is 13.3. The topological polar surface area (TPSA) is 32.3 Å². The molecule has 2 saturated carbocycles. The van der Waals surface area contributed by atoms with Gasteiger partial charge in [0, 0.05) is 25.2 Å². The Morgan fingerprint density at radius 1 is 1.03 bits per heavy atom. The zero-order chi connectivity index (χ0) is 20.7. The third-order valence-corrected chi connectivity index (χ3v) is 7.38. The number of amides is 1. The van der Waals surface area contributed by atoms with Crippen LogP contribution in [0.3, 0.4) is 0 Å². The molecule has 1 aliphatic heterocycles. The normalized spacial score (nSPS) is 25.3. The molecule has 158 valence electrons. The van der Waals surface area contributed by atoms with Gasteiger partial charge in [0.25, 0.3) is 0 Å². The molecule has 2 aromatic rings. The van der Waals surface area contributed by atoms with E-state index in [2.05, 4.69) is 10.2 Å². The molecule has 3 nitrogen and oxygen atoms in total. The molecule has 1 heterocycles. The SMILES string of the molecule is O=C(NCC(Cc1ccc(F)cc1)N1CC2CCC1C2)C1(c2ccc(F)cc2)CC1. The Labute approximate surface area is 176 Å². The van der Waals surface area contributed by atoms with Crippen LogP contribution in [0.25, 0.3) is 0 Å². The molecule has 1 N–H and O–H groups in total. The molecule has 5 rings (SSSR count). The molecule has 1 amide bonds. The first kappa shape index (κ1) is 19.7. The van der Waals surface area contributed by atoms with E-state index < -0.39 is 5.41 Å². The second kappa shape index (κ2) is 7.77. The van der Waals surface area contributed by atoms with Crippen molar-refractivity contribution < 1.29 is 13.6 Å². The van der Waals surface area contributed by atoms with Crippen molar-refractivity contribution >= 4 is 5.91 Å². The minimum atomic E-state index is -0.502. The molecule has 3 unspecified atom stereocenters. The molecule has 0 radical (unpaired) electrons. The van der Waals surface area contributed by atoms with Crippen molar-refractivity contribution in [3.8, 4) is 0 Å². The lowest BCUT2D eigenvalue weighted by Gasteiger charge is -2.35. The Bertz CT molecular complexity index is 908. The summed E-state index contributed by atoms with van der Waals surface area (Å²) in [4.78, 5) is 15.7. The van der Waals surface area contributed by atoms with E-state index in [-0.39, 0.29) is 23.6 Å². The molecular weight excluding hydrogens is 382 g/mol. The van der Waals surface area contributed by atoms with Gasteiger partial charge in [0.15, 0.2) is 0 Å². The molecule has 3 atom stereocenters. The van der Waals surface area contributed by atoms with Crippen LogP contribution in [-0.2, 0) is 16.6 Å². The number of nitrogens with zero attached hydrogens (tertiary/aromatic N) is 1. The number of fused-ring (bicyclic) bond motifs is 2. The summed E-state index contributed by atoms with van der Waals surface area (Å²) in [6, 6.07) is 13.8. The molecule has 1 saturated heterocycles. The van der Waals surface area contributed by atoms with Crippen molar-refractivity contribution in [3.63, 3.8) is 0 Å². The minimum Gasteiger partial charge on any atom is -0.354 e. The van der Waals surface area contributed by atoms with Crippen LogP contribution in [0.15, 0.2) is 48.5 Å². The predicted molar refractivity (Wildman–Crippen MR) is 112 cm³/mol. The number of rotatable bonds is 7. The van der Waals surface area contributed by atoms with E-state index in [0.29, 0.717) is 12.6 Å². The van der Waals surface area contributed by atoms with E-state index >= 15 is 0 Å². The summed E-state index contributed by atoms with van der Waals surface area (Å²) in [6.45, 7) is 1.68. The highest BCUT2D eigenvalue weighted by Crippen LogP contribution is 2.48. The van der Waals surface area contributed by atoms with Crippen LogP contribution in [0.5, 0.6) is 0 Å². The summed E-state index contributed by atoms with van der Waals surface area (Å²) in [6.07, 6.45) is 6.21. The van der Waals surface area contributed by atoms with Gasteiger partial charge in [-0.25, -0.2) is 8.78 Å². The van der Waals surface area contributed by atoms with Gasteiger partial charge in [-0.1, -0.05) is 24.3 Å². The predicted octanol–water partition coefficient (Wildman–Crippen LogP) is 4.21. The van der Waals surface area contributed by atoms with Gasteiger partial charge in [-0.2, -0.15) is 0 Å². The Kier molecular flexibility index (Phi) is 5.10. The molecule has 30 heavy (non-hydrogen) atoms. The average Bonchev–Trinajstić information content (AvgIpc) is 3.29. The highest BCUT2D eigenvalue weighted by molar-refractivity contribution is 5.91. The van der Waals surface area contributed by atoms with Gasteiger partial charge in [-0.15, -0.1) is 0 Å². The lowest BCUT2D eigenvalue weighted by atomic mass is 9.94. The maximum absolute atomic E-state index is 13.3. The fraction of sp³-hybridized carbons (Fsp3) is 0.480. The zero-order valence-electron chi connectivity index (χ0n) is 17.1. The first-order chi connectivity index (χ1) is 14.5. The van der Waals surface area contributed by atoms with Crippen molar-refractivity contribution in [1.82, 2.24) is 10.2 Å². The van der Waals surface area contributed by atoms with Crippen molar-refractivity contribution in [2.75, 3.05) is 13.1 Å². The van der Waals surface area contributed by atoms with E-state index in [1.807, 2.05) is 12.1 Å². The van der Waals surface area contributed by atoms with Crippen LogP contribution in [0, 0.1) is 17.6 Å². The maximum Gasteiger partial charge on any atom is 0.230 e. The number of hydrogen-bond donors (Lipinski definition) is 1. The number of nitrogens with one attached hydrogen (secondary N) is 1. The third kappa shape index (κ3) is 3.76. The van der Waals surface area contributed by atoms with Crippen LogP contribution < -0.4 is 5.32 Å². The van der Waals surface area contributed by atoms with Gasteiger partial charge in [0.05, 0.1) is 5.41 Å². The number of carbonyl (C=O) groups excluding carboxylic acids is 1. The molecule has 3 aliphatic rings. The first-order valence-corrected chi connectivity index (χ1v) is 11.1. The van der Waals surface area contributed by atoms with Gasteiger partial charge >= 0.3 is 0 Å². The number of carbonyl (C=O) groups is 1. The number of piperidine rings is 1. The summed E-state index contributed by atoms with van der Waals surface area (Å²) in [7, 11) is 0. The smallest absolute Gasteiger partial charge is 0.230 e. The van der Waals surface area contributed by atoms with Gasteiger partial charge in [0.2, 0.25) is 5.91 Å². The van der Waals surface area contributed by atoms with Crippen LogP contribution in [0.1, 0.15) is 43.2 Å². The lowest BCUT2D eigenvalue weighted by molar-refractivity contribution is -0.123.